The Labute approximate surface area is 176 Å². The van der Waals surface area contributed by atoms with Crippen LogP contribution in [0.3, 0.4) is 0 Å². The molecule has 2 amide bonds. The second-order valence-electron chi connectivity index (χ2n) is 6.02. The molecule has 0 bridgehead atoms. The Morgan fingerprint density at radius 3 is 2.47 bits per heavy atom. The van der Waals surface area contributed by atoms with Gasteiger partial charge in [0, 0.05) is 16.5 Å². The van der Waals surface area contributed by atoms with E-state index in [2.05, 4.69) is 15.6 Å². The highest BCUT2D eigenvalue weighted by atomic mass is 32.1. The minimum atomic E-state index is -0.715. The first-order valence-electron chi connectivity index (χ1n) is 8.94. The number of nitrogens with zero attached hydrogens (tertiary/aromatic N) is 1. The van der Waals surface area contributed by atoms with Crippen LogP contribution in [-0.4, -0.2) is 43.0 Å². The molecule has 0 saturated heterocycles. The monoisotopic (exact) mass is 425 g/mol. The number of hydrogen-bond acceptors (Lipinski definition) is 7. The lowest BCUT2D eigenvalue weighted by molar-refractivity contribution is -0.146. The average Bonchev–Trinajstić information content (AvgIpc) is 3.25. The first kappa shape index (κ1) is 21.0. The summed E-state index contributed by atoms with van der Waals surface area (Å²) in [6.45, 7) is -0.808. The van der Waals surface area contributed by atoms with Crippen molar-refractivity contribution in [2.75, 3.05) is 25.6 Å². The average molecular weight is 425 g/mol. The summed E-state index contributed by atoms with van der Waals surface area (Å²) in [6, 6.07) is 15.9. The molecule has 1 aromatic heterocycles. The van der Waals surface area contributed by atoms with Crippen LogP contribution in [0.25, 0.3) is 11.3 Å². The van der Waals surface area contributed by atoms with Crippen molar-refractivity contribution in [2.24, 2.45) is 0 Å². The van der Waals surface area contributed by atoms with E-state index in [9.17, 15) is 14.4 Å². The van der Waals surface area contributed by atoms with E-state index >= 15 is 0 Å². The Morgan fingerprint density at radius 2 is 1.77 bits per heavy atom. The third-order valence-corrected chi connectivity index (χ3v) is 4.69. The van der Waals surface area contributed by atoms with E-state index in [1.165, 1.54) is 11.3 Å². The van der Waals surface area contributed by atoms with Gasteiger partial charge < -0.3 is 14.8 Å². The fraction of sp³-hybridized carbons (Fsp3) is 0.143. The molecule has 0 aliphatic rings. The largest absolute Gasteiger partial charge is 0.497 e. The van der Waals surface area contributed by atoms with Gasteiger partial charge in [-0.25, -0.2) is 4.98 Å². The molecule has 3 rings (SSSR count). The maximum absolute atomic E-state index is 12.0. The topological polar surface area (TPSA) is 107 Å². The fourth-order valence-electron chi connectivity index (χ4n) is 2.42. The molecule has 1 heterocycles. The Balaban J connectivity index is 1.42. The van der Waals surface area contributed by atoms with E-state index in [0.717, 1.165) is 11.3 Å². The lowest BCUT2D eigenvalue weighted by Gasteiger charge is -2.06. The third kappa shape index (κ3) is 5.89. The molecule has 2 N–H and O–H groups in total. The molecule has 0 unspecified atom stereocenters. The number of aromatic nitrogens is 1. The van der Waals surface area contributed by atoms with E-state index in [1.807, 2.05) is 29.6 Å². The zero-order valence-electron chi connectivity index (χ0n) is 16.1. The smallest absolute Gasteiger partial charge is 0.325 e. The molecule has 30 heavy (non-hydrogen) atoms. The van der Waals surface area contributed by atoms with Crippen LogP contribution in [0.15, 0.2) is 60.0 Å². The Hall–Kier alpha value is -3.72. The van der Waals surface area contributed by atoms with E-state index < -0.39 is 24.4 Å². The van der Waals surface area contributed by atoms with Crippen LogP contribution in [-0.2, 0) is 14.3 Å². The number of amides is 2. The van der Waals surface area contributed by atoms with Crippen LogP contribution in [0.2, 0.25) is 0 Å². The lowest BCUT2D eigenvalue weighted by Crippen LogP contribution is -2.32. The zero-order valence-corrected chi connectivity index (χ0v) is 16.9. The van der Waals surface area contributed by atoms with Crippen molar-refractivity contribution in [3.8, 4) is 17.0 Å². The Kier molecular flexibility index (Phi) is 7.12. The van der Waals surface area contributed by atoms with Crippen molar-refractivity contribution in [1.82, 2.24) is 10.3 Å². The molecule has 0 radical (unpaired) electrons. The number of nitrogens with one attached hydrogen (secondary N) is 2. The van der Waals surface area contributed by atoms with Gasteiger partial charge in [-0.3, -0.25) is 19.7 Å². The Bertz CT molecular complexity index is 1020. The van der Waals surface area contributed by atoms with Crippen LogP contribution in [0, 0.1) is 0 Å². The first-order valence-corrected chi connectivity index (χ1v) is 9.82. The number of methoxy groups -OCH3 is 1. The van der Waals surface area contributed by atoms with Crippen molar-refractivity contribution >= 4 is 34.3 Å². The van der Waals surface area contributed by atoms with Crippen molar-refractivity contribution in [1.29, 1.82) is 0 Å². The maximum atomic E-state index is 12.0. The molecule has 9 heteroatoms. The van der Waals surface area contributed by atoms with Crippen LogP contribution in [0.4, 0.5) is 5.13 Å². The van der Waals surface area contributed by atoms with E-state index in [1.54, 1.807) is 37.4 Å². The summed E-state index contributed by atoms with van der Waals surface area (Å²) in [6.07, 6.45) is 0. The number of carbonyl (C=O) groups excluding carboxylic acids is 3. The van der Waals surface area contributed by atoms with Gasteiger partial charge in [0.2, 0.25) is 0 Å². The van der Waals surface area contributed by atoms with Crippen molar-refractivity contribution < 1.29 is 23.9 Å². The number of ether oxygens (including phenoxy) is 2. The van der Waals surface area contributed by atoms with Gasteiger partial charge in [-0.15, -0.1) is 11.3 Å². The van der Waals surface area contributed by atoms with Crippen LogP contribution >= 0.6 is 11.3 Å². The van der Waals surface area contributed by atoms with Crippen LogP contribution < -0.4 is 15.4 Å². The van der Waals surface area contributed by atoms with Crippen molar-refractivity contribution in [3.05, 3.63) is 65.5 Å². The predicted molar refractivity (Wildman–Crippen MR) is 112 cm³/mol. The van der Waals surface area contributed by atoms with Crippen molar-refractivity contribution in [2.45, 2.75) is 0 Å². The van der Waals surface area contributed by atoms with E-state index in [-0.39, 0.29) is 6.54 Å². The molecular formula is C21H19N3O5S. The molecule has 0 spiro atoms. The normalized spacial score (nSPS) is 10.2. The highest BCUT2D eigenvalue weighted by molar-refractivity contribution is 7.14. The number of hydrogen-bond donors (Lipinski definition) is 2. The number of thiazole rings is 1. The molecular weight excluding hydrogens is 406 g/mol. The van der Waals surface area contributed by atoms with E-state index in [0.29, 0.717) is 16.4 Å². The van der Waals surface area contributed by atoms with Gasteiger partial charge in [-0.1, -0.05) is 18.2 Å². The lowest BCUT2D eigenvalue weighted by atomic mass is 10.2. The molecule has 0 fully saturated rings. The summed E-state index contributed by atoms with van der Waals surface area (Å²) in [5.74, 6) is -0.893. The van der Waals surface area contributed by atoms with Gasteiger partial charge in [0.25, 0.3) is 11.8 Å². The number of rotatable bonds is 8. The fourth-order valence-corrected chi connectivity index (χ4v) is 3.16. The first-order chi connectivity index (χ1) is 14.5. The van der Waals surface area contributed by atoms with Gasteiger partial charge in [0.05, 0.1) is 12.8 Å². The summed E-state index contributed by atoms with van der Waals surface area (Å²) in [4.78, 5) is 39.9. The number of benzene rings is 2. The predicted octanol–water partition coefficient (Wildman–Crippen LogP) is 2.73. The molecule has 0 aliphatic carbocycles. The highest BCUT2D eigenvalue weighted by Crippen LogP contribution is 2.26. The zero-order chi connectivity index (χ0) is 21.3. The summed E-state index contributed by atoms with van der Waals surface area (Å²) in [5.41, 5.74) is 2.02. The van der Waals surface area contributed by atoms with Gasteiger partial charge >= 0.3 is 5.97 Å². The standard InChI is InChI=1S/C21H19N3O5S/c1-28-16-9-7-14(8-10-16)17-13-30-21(23-17)24-18(25)12-29-19(26)11-22-20(27)15-5-3-2-4-6-15/h2-10,13H,11-12H2,1H3,(H,22,27)(H,23,24,25). The third-order valence-electron chi connectivity index (χ3n) is 3.93. The molecule has 2 aromatic carbocycles. The van der Waals surface area contributed by atoms with Gasteiger partial charge in [-0.05, 0) is 36.4 Å². The minimum absolute atomic E-state index is 0.333. The molecule has 3 aromatic rings. The van der Waals surface area contributed by atoms with Crippen molar-refractivity contribution in [3.63, 3.8) is 0 Å². The quantitative estimate of drug-likeness (QED) is 0.538. The minimum Gasteiger partial charge on any atom is -0.497 e. The summed E-state index contributed by atoms with van der Waals surface area (Å²) < 4.78 is 10.00. The van der Waals surface area contributed by atoms with Gasteiger partial charge in [0.15, 0.2) is 11.7 Å². The summed E-state index contributed by atoms with van der Waals surface area (Å²) >= 11 is 1.26. The van der Waals surface area contributed by atoms with Gasteiger partial charge in [0.1, 0.15) is 12.3 Å². The SMILES string of the molecule is COc1ccc(-c2csc(NC(=O)COC(=O)CNC(=O)c3ccccc3)n2)cc1. The van der Waals surface area contributed by atoms with Crippen LogP contribution in [0.1, 0.15) is 10.4 Å². The molecule has 0 saturated carbocycles. The summed E-state index contributed by atoms with van der Waals surface area (Å²) in [5, 5.41) is 7.21. The number of esters is 1. The highest BCUT2D eigenvalue weighted by Gasteiger charge is 2.12. The summed E-state index contributed by atoms with van der Waals surface area (Å²) in [7, 11) is 1.59. The van der Waals surface area contributed by atoms with E-state index in [4.69, 9.17) is 9.47 Å². The molecule has 0 atom stereocenters. The van der Waals surface area contributed by atoms with Crippen LogP contribution in [0.5, 0.6) is 5.75 Å². The Morgan fingerprint density at radius 1 is 1.03 bits per heavy atom. The van der Waals surface area contributed by atoms with Gasteiger partial charge in [-0.2, -0.15) is 0 Å². The maximum Gasteiger partial charge on any atom is 0.325 e. The molecule has 154 valence electrons. The molecule has 0 aliphatic heterocycles. The second-order valence-corrected chi connectivity index (χ2v) is 6.88. The number of anilines is 1. The molecule has 8 nitrogen and oxygen atoms in total. The second kappa shape index (κ2) is 10.2. The number of carbonyl (C=O) groups is 3.